The lowest BCUT2D eigenvalue weighted by atomic mass is 9.80. The van der Waals surface area contributed by atoms with Crippen LogP contribution in [0.1, 0.15) is 69.6 Å². The third kappa shape index (κ3) is 4.34. The van der Waals surface area contributed by atoms with Gasteiger partial charge in [0.1, 0.15) is 0 Å². The molecule has 3 aromatic rings. The Labute approximate surface area is 199 Å². The van der Waals surface area contributed by atoms with E-state index in [-0.39, 0.29) is 23.9 Å². The summed E-state index contributed by atoms with van der Waals surface area (Å²) in [6.45, 7) is 2.66. The summed E-state index contributed by atoms with van der Waals surface area (Å²) in [4.78, 5) is 30.6. The average molecular weight is 459 g/mol. The van der Waals surface area contributed by atoms with Gasteiger partial charge in [-0.25, -0.2) is 0 Å². The highest BCUT2D eigenvalue weighted by molar-refractivity contribution is 7.10. The first-order chi connectivity index (χ1) is 16.1. The molecule has 33 heavy (non-hydrogen) atoms. The van der Waals surface area contributed by atoms with Crippen molar-refractivity contribution in [3.63, 3.8) is 0 Å². The number of amides is 2. The smallest absolute Gasteiger partial charge is 0.254 e. The van der Waals surface area contributed by atoms with Crippen LogP contribution in [-0.2, 0) is 11.2 Å². The molecule has 170 valence electrons. The van der Waals surface area contributed by atoms with E-state index in [1.54, 1.807) is 11.3 Å². The SMILES string of the molecule is Cc1ccc(CCNC(=O)[C@H]2c3ccccc3C(=O)N(C3CCCC3)[C@@H]2c2cccs2)cc1. The molecule has 2 aliphatic rings. The number of benzene rings is 2. The van der Waals surface area contributed by atoms with Crippen molar-refractivity contribution in [2.24, 2.45) is 0 Å². The summed E-state index contributed by atoms with van der Waals surface area (Å²) in [6.07, 6.45) is 5.09. The number of carbonyl (C=O) groups excluding carboxylic acids is 2. The van der Waals surface area contributed by atoms with E-state index in [0.717, 1.165) is 42.5 Å². The van der Waals surface area contributed by atoms with E-state index in [1.165, 1.54) is 11.1 Å². The predicted molar refractivity (Wildman–Crippen MR) is 133 cm³/mol. The molecule has 0 unspecified atom stereocenters. The summed E-state index contributed by atoms with van der Waals surface area (Å²) in [7, 11) is 0. The molecule has 0 saturated heterocycles. The van der Waals surface area contributed by atoms with Crippen LogP contribution < -0.4 is 5.32 Å². The number of rotatable bonds is 6. The Morgan fingerprint density at radius 1 is 1.03 bits per heavy atom. The Hall–Kier alpha value is -2.92. The van der Waals surface area contributed by atoms with E-state index in [1.807, 2.05) is 40.6 Å². The minimum Gasteiger partial charge on any atom is -0.355 e. The molecule has 1 fully saturated rings. The van der Waals surface area contributed by atoms with Gasteiger partial charge in [-0.3, -0.25) is 9.59 Å². The molecule has 0 spiro atoms. The van der Waals surface area contributed by atoms with Gasteiger partial charge in [-0.2, -0.15) is 0 Å². The fourth-order valence-corrected chi connectivity index (χ4v) is 6.24. The number of aryl methyl sites for hydroxylation is 1. The van der Waals surface area contributed by atoms with Gasteiger partial charge < -0.3 is 10.2 Å². The number of carbonyl (C=O) groups is 2. The average Bonchev–Trinajstić information content (AvgIpc) is 3.55. The van der Waals surface area contributed by atoms with Crippen LogP contribution in [-0.4, -0.2) is 29.3 Å². The van der Waals surface area contributed by atoms with Crippen molar-refractivity contribution in [2.75, 3.05) is 6.54 Å². The minimum absolute atomic E-state index is 0.00320. The Morgan fingerprint density at radius 2 is 1.79 bits per heavy atom. The number of nitrogens with zero attached hydrogens (tertiary/aromatic N) is 1. The lowest BCUT2D eigenvalue weighted by Gasteiger charge is -2.44. The largest absolute Gasteiger partial charge is 0.355 e. The zero-order valence-electron chi connectivity index (χ0n) is 19.0. The predicted octanol–water partition coefficient (Wildman–Crippen LogP) is 5.64. The number of nitrogens with one attached hydrogen (secondary N) is 1. The van der Waals surface area contributed by atoms with E-state index >= 15 is 0 Å². The van der Waals surface area contributed by atoms with Crippen molar-refractivity contribution in [3.05, 3.63) is 93.2 Å². The zero-order chi connectivity index (χ0) is 22.8. The van der Waals surface area contributed by atoms with Crippen LogP contribution in [0.15, 0.2) is 66.0 Å². The van der Waals surface area contributed by atoms with Crippen molar-refractivity contribution in [1.82, 2.24) is 10.2 Å². The van der Waals surface area contributed by atoms with Crippen molar-refractivity contribution in [3.8, 4) is 0 Å². The summed E-state index contributed by atoms with van der Waals surface area (Å²) < 4.78 is 0. The highest BCUT2D eigenvalue weighted by atomic mass is 32.1. The van der Waals surface area contributed by atoms with Gasteiger partial charge in [0.05, 0.1) is 12.0 Å². The second kappa shape index (κ2) is 9.52. The summed E-state index contributed by atoms with van der Waals surface area (Å²) in [5, 5.41) is 5.24. The van der Waals surface area contributed by atoms with Crippen molar-refractivity contribution >= 4 is 23.2 Å². The first-order valence-corrected chi connectivity index (χ1v) is 12.8. The van der Waals surface area contributed by atoms with Crippen LogP contribution in [0.2, 0.25) is 0 Å². The molecular formula is C28H30N2O2S. The van der Waals surface area contributed by atoms with E-state index in [0.29, 0.717) is 12.1 Å². The highest BCUT2D eigenvalue weighted by Crippen LogP contribution is 2.47. The topological polar surface area (TPSA) is 49.4 Å². The van der Waals surface area contributed by atoms with Gasteiger partial charge in [-0.15, -0.1) is 11.3 Å². The van der Waals surface area contributed by atoms with E-state index in [9.17, 15) is 9.59 Å². The number of thiophene rings is 1. The van der Waals surface area contributed by atoms with Gasteiger partial charge in [0, 0.05) is 23.0 Å². The van der Waals surface area contributed by atoms with Crippen LogP contribution in [0.3, 0.4) is 0 Å². The van der Waals surface area contributed by atoms with Gasteiger partial charge >= 0.3 is 0 Å². The quantitative estimate of drug-likeness (QED) is 0.520. The normalized spacial score (nSPS) is 20.6. The van der Waals surface area contributed by atoms with Crippen LogP contribution in [0.5, 0.6) is 0 Å². The summed E-state index contributed by atoms with van der Waals surface area (Å²) in [5.74, 6) is -0.334. The second-order valence-electron chi connectivity index (χ2n) is 9.20. The molecular weight excluding hydrogens is 428 g/mol. The minimum atomic E-state index is -0.406. The Morgan fingerprint density at radius 3 is 2.52 bits per heavy atom. The molecule has 2 heterocycles. The molecule has 2 amide bonds. The molecule has 4 nitrogen and oxygen atoms in total. The zero-order valence-corrected chi connectivity index (χ0v) is 19.8. The summed E-state index contributed by atoms with van der Waals surface area (Å²) in [6, 6.07) is 20.2. The summed E-state index contributed by atoms with van der Waals surface area (Å²) >= 11 is 1.64. The van der Waals surface area contributed by atoms with Crippen LogP contribution in [0, 0.1) is 6.92 Å². The van der Waals surface area contributed by atoms with Gasteiger partial charge in [-0.05, 0) is 54.8 Å². The molecule has 1 aliphatic heterocycles. The van der Waals surface area contributed by atoms with E-state index in [4.69, 9.17) is 0 Å². The first-order valence-electron chi connectivity index (χ1n) is 11.9. The Bertz CT molecular complexity index is 1120. The lowest BCUT2D eigenvalue weighted by Crippen LogP contribution is -2.50. The molecule has 2 aromatic carbocycles. The number of hydrogen-bond acceptors (Lipinski definition) is 3. The maximum absolute atomic E-state index is 13.7. The van der Waals surface area contributed by atoms with Gasteiger partial charge in [-0.1, -0.05) is 66.9 Å². The van der Waals surface area contributed by atoms with E-state index in [2.05, 4.69) is 42.6 Å². The third-order valence-electron chi connectivity index (χ3n) is 7.04. The van der Waals surface area contributed by atoms with Crippen molar-refractivity contribution in [1.29, 1.82) is 0 Å². The maximum atomic E-state index is 13.7. The van der Waals surface area contributed by atoms with Crippen LogP contribution in [0.25, 0.3) is 0 Å². The molecule has 1 aromatic heterocycles. The van der Waals surface area contributed by atoms with Gasteiger partial charge in [0.15, 0.2) is 0 Å². The molecule has 5 heteroatoms. The number of fused-ring (bicyclic) bond motifs is 1. The van der Waals surface area contributed by atoms with Crippen LogP contribution >= 0.6 is 11.3 Å². The van der Waals surface area contributed by atoms with Gasteiger partial charge in [0.25, 0.3) is 5.91 Å². The Balaban J connectivity index is 1.46. The Kier molecular flexibility index (Phi) is 6.32. The maximum Gasteiger partial charge on any atom is 0.254 e. The van der Waals surface area contributed by atoms with Gasteiger partial charge in [0.2, 0.25) is 5.91 Å². The standard InChI is InChI=1S/C28H30N2O2S/c1-19-12-14-20(15-13-19)16-17-29-27(31)25-22-9-4-5-10-23(22)28(32)30(21-7-2-3-8-21)26(25)24-11-6-18-33-24/h4-6,9-15,18,21,25-26H,2-3,7-8,16-17H2,1H3,(H,29,31)/t25-,26+/m0/s1. The summed E-state index contributed by atoms with van der Waals surface area (Å²) in [5.41, 5.74) is 3.97. The molecule has 1 aliphatic carbocycles. The molecule has 1 saturated carbocycles. The van der Waals surface area contributed by atoms with E-state index < -0.39 is 5.92 Å². The fraction of sp³-hybridized carbons (Fsp3) is 0.357. The number of hydrogen-bond donors (Lipinski definition) is 1. The monoisotopic (exact) mass is 458 g/mol. The molecule has 0 bridgehead atoms. The van der Waals surface area contributed by atoms with Crippen molar-refractivity contribution < 1.29 is 9.59 Å². The molecule has 0 radical (unpaired) electrons. The third-order valence-corrected chi connectivity index (χ3v) is 7.99. The molecule has 1 N–H and O–H groups in total. The molecule has 2 atom stereocenters. The first kappa shape index (κ1) is 21.9. The van der Waals surface area contributed by atoms with Crippen molar-refractivity contribution in [2.45, 2.75) is 57.0 Å². The highest BCUT2D eigenvalue weighted by Gasteiger charge is 2.47. The fourth-order valence-electron chi connectivity index (χ4n) is 5.37. The van der Waals surface area contributed by atoms with Crippen LogP contribution in [0.4, 0.5) is 0 Å². The molecule has 5 rings (SSSR count). The second-order valence-corrected chi connectivity index (χ2v) is 10.2. The lowest BCUT2D eigenvalue weighted by molar-refractivity contribution is -0.124.